The molecule has 1 fully saturated rings. The van der Waals surface area contributed by atoms with Crippen LogP contribution in [0.15, 0.2) is 5.16 Å². The molecular weight excluding hydrogens is 267 g/mol. The molecule has 9 heteroatoms. The van der Waals surface area contributed by atoms with Gasteiger partial charge in [-0.1, -0.05) is 5.16 Å². The van der Waals surface area contributed by atoms with E-state index in [-0.39, 0.29) is 6.54 Å². The SMILES string of the molecule is CC1OCCC1(O)CNCC(C(N)=NO)C(F)(F)F. The Morgan fingerprint density at radius 3 is 2.68 bits per heavy atom. The molecule has 1 aliphatic rings. The van der Waals surface area contributed by atoms with E-state index in [1.807, 2.05) is 0 Å². The maximum Gasteiger partial charge on any atom is 0.400 e. The summed E-state index contributed by atoms with van der Waals surface area (Å²) in [6.07, 6.45) is -4.72. The van der Waals surface area contributed by atoms with Crippen LogP contribution in [0.4, 0.5) is 13.2 Å². The molecule has 1 saturated heterocycles. The number of hydrogen-bond donors (Lipinski definition) is 4. The molecule has 1 rings (SSSR count). The zero-order valence-electron chi connectivity index (χ0n) is 10.4. The van der Waals surface area contributed by atoms with E-state index in [0.717, 1.165) is 0 Å². The number of ether oxygens (including phenoxy) is 1. The molecule has 1 aliphatic heterocycles. The second-order valence-corrected chi connectivity index (χ2v) is 4.62. The van der Waals surface area contributed by atoms with Crippen LogP contribution < -0.4 is 11.1 Å². The lowest BCUT2D eigenvalue weighted by molar-refractivity contribution is -0.155. The van der Waals surface area contributed by atoms with Gasteiger partial charge in [0, 0.05) is 26.1 Å². The third-order valence-corrected chi connectivity index (χ3v) is 3.31. The van der Waals surface area contributed by atoms with Gasteiger partial charge < -0.3 is 26.1 Å². The Hall–Kier alpha value is -1.06. The van der Waals surface area contributed by atoms with Crippen molar-refractivity contribution in [1.29, 1.82) is 0 Å². The van der Waals surface area contributed by atoms with Crippen LogP contribution in [0.5, 0.6) is 0 Å². The Kier molecular flexibility index (Phi) is 4.99. The first-order chi connectivity index (χ1) is 8.70. The first-order valence-corrected chi connectivity index (χ1v) is 5.79. The average Bonchev–Trinajstić information content (AvgIpc) is 2.63. The molecule has 0 amide bonds. The van der Waals surface area contributed by atoms with Crippen LogP contribution in [-0.4, -0.2) is 53.7 Å². The summed E-state index contributed by atoms with van der Waals surface area (Å²) in [5, 5.41) is 23.3. The summed E-state index contributed by atoms with van der Waals surface area (Å²) in [5.41, 5.74) is 3.82. The van der Waals surface area contributed by atoms with E-state index in [0.29, 0.717) is 13.0 Å². The van der Waals surface area contributed by atoms with Crippen molar-refractivity contribution in [3.05, 3.63) is 0 Å². The lowest BCUT2D eigenvalue weighted by Crippen LogP contribution is -2.50. The third-order valence-electron chi connectivity index (χ3n) is 3.31. The molecule has 112 valence electrons. The van der Waals surface area contributed by atoms with E-state index in [4.69, 9.17) is 15.7 Å². The van der Waals surface area contributed by atoms with Gasteiger partial charge in [-0.25, -0.2) is 0 Å². The van der Waals surface area contributed by atoms with Gasteiger partial charge >= 0.3 is 6.18 Å². The molecule has 3 atom stereocenters. The summed E-state index contributed by atoms with van der Waals surface area (Å²) >= 11 is 0. The number of nitrogens with two attached hydrogens (primary N) is 1. The zero-order chi connectivity index (χ0) is 14.7. The molecule has 1 heterocycles. The van der Waals surface area contributed by atoms with Crippen molar-refractivity contribution in [3.63, 3.8) is 0 Å². The van der Waals surface area contributed by atoms with Crippen LogP contribution in [-0.2, 0) is 4.74 Å². The number of halogens is 3. The predicted octanol–water partition coefficient (Wildman–Crippen LogP) is 0.0408. The number of alkyl halides is 3. The highest BCUT2D eigenvalue weighted by Crippen LogP contribution is 2.27. The topological polar surface area (TPSA) is 100 Å². The van der Waals surface area contributed by atoms with Crippen molar-refractivity contribution in [3.8, 4) is 0 Å². The summed E-state index contributed by atoms with van der Waals surface area (Å²) in [6, 6.07) is 0. The van der Waals surface area contributed by atoms with E-state index in [1.54, 1.807) is 6.92 Å². The van der Waals surface area contributed by atoms with Crippen LogP contribution in [0.25, 0.3) is 0 Å². The fraction of sp³-hybridized carbons (Fsp3) is 0.900. The summed E-state index contributed by atoms with van der Waals surface area (Å²) in [7, 11) is 0. The number of nitrogens with zero attached hydrogens (tertiary/aromatic N) is 1. The largest absolute Gasteiger partial charge is 0.409 e. The highest BCUT2D eigenvalue weighted by molar-refractivity contribution is 5.83. The number of nitrogens with one attached hydrogen (secondary N) is 1. The molecule has 0 spiro atoms. The summed E-state index contributed by atoms with van der Waals surface area (Å²) in [6.45, 7) is 1.38. The molecule has 0 aromatic carbocycles. The Labute approximate surface area is 108 Å². The predicted molar refractivity (Wildman–Crippen MR) is 60.8 cm³/mol. The van der Waals surface area contributed by atoms with Crippen molar-refractivity contribution in [2.75, 3.05) is 19.7 Å². The molecule has 3 unspecified atom stereocenters. The van der Waals surface area contributed by atoms with Gasteiger partial charge in [0.15, 0.2) is 5.84 Å². The Balaban J connectivity index is 2.54. The quantitative estimate of drug-likeness (QED) is 0.247. The van der Waals surface area contributed by atoms with E-state index >= 15 is 0 Å². The number of hydrogen-bond acceptors (Lipinski definition) is 5. The van der Waals surface area contributed by atoms with E-state index < -0.39 is 36.2 Å². The fourth-order valence-electron chi connectivity index (χ4n) is 1.89. The van der Waals surface area contributed by atoms with Gasteiger partial charge in [0.1, 0.15) is 11.5 Å². The van der Waals surface area contributed by atoms with Gasteiger partial charge in [-0.15, -0.1) is 0 Å². The second-order valence-electron chi connectivity index (χ2n) is 4.62. The molecule has 19 heavy (non-hydrogen) atoms. The van der Waals surface area contributed by atoms with Gasteiger partial charge in [0.25, 0.3) is 0 Å². The fourth-order valence-corrected chi connectivity index (χ4v) is 1.89. The van der Waals surface area contributed by atoms with Crippen LogP contribution in [0.1, 0.15) is 13.3 Å². The molecule has 0 aliphatic carbocycles. The highest BCUT2D eigenvalue weighted by Gasteiger charge is 2.44. The molecule has 0 bridgehead atoms. The number of aliphatic hydroxyl groups is 1. The van der Waals surface area contributed by atoms with Gasteiger partial charge in [0.2, 0.25) is 0 Å². The minimum absolute atomic E-state index is 0.0561. The highest BCUT2D eigenvalue weighted by atomic mass is 19.4. The Bertz CT molecular complexity index is 338. The molecular formula is C10H18F3N3O3. The lowest BCUT2D eigenvalue weighted by Gasteiger charge is -2.27. The van der Waals surface area contributed by atoms with Gasteiger partial charge in [-0.3, -0.25) is 0 Å². The maximum absolute atomic E-state index is 12.6. The van der Waals surface area contributed by atoms with Gasteiger partial charge in [0.05, 0.1) is 6.10 Å². The monoisotopic (exact) mass is 285 g/mol. The molecule has 0 aromatic heterocycles. The van der Waals surface area contributed by atoms with Crippen LogP contribution >= 0.6 is 0 Å². The van der Waals surface area contributed by atoms with Crippen LogP contribution in [0.3, 0.4) is 0 Å². The van der Waals surface area contributed by atoms with Crippen molar-refractivity contribution in [2.24, 2.45) is 16.8 Å². The lowest BCUT2D eigenvalue weighted by atomic mass is 9.96. The van der Waals surface area contributed by atoms with Crippen molar-refractivity contribution < 1.29 is 28.2 Å². The van der Waals surface area contributed by atoms with Crippen molar-refractivity contribution in [2.45, 2.75) is 31.2 Å². The number of amidine groups is 1. The van der Waals surface area contributed by atoms with Crippen molar-refractivity contribution >= 4 is 5.84 Å². The molecule has 0 saturated carbocycles. The minimum atomic E-state index is -4.62. The standard InChI is InChI=1S/C10H18F3N3O3/c1-6-9(17,2-3-19-6)5-15-4-7(8(14)16-18)10(11,12)13/h6-7,15,17-18H,2-5H2,1H3,(H2,14,16). The molecule has 0 aromatic rings. The Morgan fingerprint density at radius 2 is 2.26 bits per heavy atom. The summed E-state index contributed by atoms with van der Waals surface area (Å²) in [4.78, 5) is 0. The normalized spacial score (nSPS) is 30.6. The number of oxime groups is 1. The van der Waals surface area contributed by atoms with Gasteiger partial charge in [-0.2, -0.15) is 13.2 Å². The third kappa shape index (κ3) is 3.95. The van der Waals surface area contributed by atoms with E-state index in [1.165, 1.54) is 0 Å². The summed E-state index contributed by atoms with van der Waals surface area (Å²) < 4.78 is 43.1. The maximum atomic E-state index is 12.6. The Morgan fingerprint density at radius 1 is 1.63 bits per heavy atom. The second kappa shape index (κ2) is 5.93. The number of rotatable bonds is 5. The summed E-state index contributed by atoms with van der Waals surface area (Å²) in [5.74, 6) is -3.01. The first-order valence-electron chi connectivity index (χ1n) is 5.79. The molecule has 5 N–H and O–H groups in total. The van der Waals surface area contributed by atoms with E-state index in [2.05, 4.69) is 10.5 Å². The van der Waals surface area contributed by atoms with Crippen molar-refractivity contribution in [1.82, 2.24) is 5.32 Å². The first kappa shape index (κ1) is 16.0. The zero-order valence-corrected chi connectivity index (χ0v) is 10.4. The van der Waals surface area contributed by atoms with Crippen LogP contribution in [0.2, 0.25) is 0 Å². The molecule has 0 radical (unpaired) electrons. The molecule has 6 nitrogen and oxygen atoms in total. The average molecular weight is 285 g/mol. The van der Waals surface area contributed by atoms with Crippen LogP contribution in [0, 0.1) is 5.92 Å². The van der Waals surface area contributed by atoms with Gasteiger partial charge in [-0.05, 0) is 6.92 Å². The smallest absolute Gasteiger partial charge is 0.400 e. The van der Waals surface area contributed by atoms with E-state index in [9.17, 15) is 18.3 Å². The minimum Gasteiger partial charge on any atom is -0.409 e.